The topological polar surface area (TPSA) is 35.0 Å². The van der Waals surface area contributed by atoms with Gasteiger partial charge in [0, 0.05) is 12.4 Å². The van der Waals surface area contributed by atoms with E-state index in [0.717, 1.165) is 6.42 Å². The van der Waals surface area contributed by atoms with Crippen molar-refractivity contribution in [1.29, 1.82) is 0 Å². The Bertz CT molecular complexity index is 212. The Balaban J connectivity index is 2.52. The molecule has 0 atom stereocenters. The maximum Gasteiger partial charge on any atom is 0.316 e. The van der Waals surface area contributed by atoms with Crippen molar-refractivity contribution < 1.29 is 4.74 Å². The molecule has 0 spiro atoms. The highest BCUT2D eigenvalue weighted by Gasteiger charge is 1.93. The van der Waals surface area contributed by atoms with Crippen LogP contribution >= 0.6 is 0 Å². The minimum absolute atomic E-state index is 0.390. The van der Waals surface area contributed by atoms with E-state index < -0.39 is 0 Å². The molecule has 1 rings (SSSR count). The zero-order valence-corrected chi connectivity index (χ0v) is 6.45. The van der Waals surface area contributed by atoms with Gasteiger partial charge in [0.15, 0.2) is 0 Å². The van der Waals surface area contributed by atoms with Gasteiger partial charge in [0.2, 0.25) is 0 Å². The van der Waals surface area contributed by atoms with Crippen molar-refractivity contribution in [3.63, 3.8) is 0 Å². The van der Waals surface area contributed by atoms with E-state index in [9.17, 15) is 0 Å². The minimum Gasteiger partial charge on any atom is -0.463 e. The van der Waals surface area contributed by atoms with Crippen molar-refractivity contribution in [3.05, 3.63) is 12.4 Å². The summed E-state index contributed by atoms with van der Waals surface area (Å²) in [4.78, 5) is 7.71. The van der Waals surface area contributed by atoms with Gasteiger partial charge in [-0.2, -0.15) is 0 Å². The molecule has 0 aliphatic rings. The lowest BCUT2D eigenvalue weighted by Crippen LogP contribution is -2.07. The first-order valence-corrected chi connectivity index (χ1v) is 3.53. The molecule has 1 aromatic heterocycles. The average Bonchev–Trinajstić information content (AvgIpc) is 2.04. The second-order valence-corrected chi connectivity index (χ2v) is 2.15. The van der Waals surface area contributed by atoms with Crippen LogP contribution in [-0.4, -0.2) is 24.4 Å². The van der Waals surface area contributed by atoms with Gasteiger partial charge in [0.25, 0.3) is 0 Å². The molecule has 0 aromatic carbocycles. The predicted molar refractivity (Wildman–Crippen MR) is 43.2 cm³/mol. The van der Waals surface area contributed by atoms with Crippen molar-refractivity contribution in [2.45, 2.75) is 13.3 Å². The van der Waals surface area contributed by atoms with E-state index >= 15 is 0 Å². The Kier molecular flexibility index (Phi) is 2.89. The van der Waals surface area contributed by atoms with Gasteiger partial charge in [-0.1, -0.05) is 12.4 Å². The molecule has 56 valence electrons. The van der Waals surface area contributed by atoms with Gasteiger partial charge in [-0.15, -0.1) is 0 Å². The summed E-state index contributed by atoms with van der Waals surface area (Å²) in [5, 5.41) is 0. The highest BCUT2D eigenvalue weighted by molar-refractivity contribution is 6.31. The lowest BCUT2D eigenvalue weighted by molar-refractivity contribution is 0.292. The molecule has 11 heavy (non-hydrogen) atoms. The van der Waals surface area contributed by atoms with Crippen LogP contribution in [0.2, 0.25) is 0 Å². The number of hydrogen-bond donors (Lipinski definition) is 0. The zero-order chi connectivity index (χ0) is 8.10. The van der Waals surface area contributed by atoms with Crippen molar-refractivity contribution >= 4 is 13.3 Å². The Hall–Kier alpha value is -1.06. The SMILES string of the molecule is [B]c1cnc(OCCC)nc1. The molecule has 0 bridgehead atoms. The van der Waals surface area contributed by atoms with Crippen LogP contribution in [0.1, 0.15) is 13.3 Å². The summed E-state index contributed by atoms with van der Waals surface area (Å²) in [5.74, 6) is 0. The third-order valence-corrected chi connectivity index (χ3v) is 1.08. The molecule has 0 N–H and O–H groups in total. The van der Waals surface area contributed by atoms with Crippen molar-refractivity contribution in [2.75, 3.05) is 6.61 Å². The van der Waals surface area contributed by atoms with Crippen LogP contribution in [0.4, 0.5) is 0 Å². The molecule has 0 aliphatic carbocycles. The number of aromatic nitrogens is 2. The van der Waals surface area contributed by atoms with E-state index in [1.165, 1.54) is 12.4 Å². The maximum atomic E-state index is 5.37. The van der Waals surface area contributed by atoms with Crippen LogP contribution in [0.25, 0.3) is 0 Å². The van der Waals surface area contributed by atoms with Crippen LogP contribution < -0.4 is 10.2 Å². The first kappa shape index (κ1) is 8.05. The summed E-state index contributed by atoms with van der Waals surface area (Å²) in [7, 11) is 5.37. The number of rotatable bonds is 3. The van der Waals surface area contributed by atoms with E-state index in [4.69, 9.17) is 12.6 Å². The Labute approximate surface area is 67.2 Å². The van der Waals surface area contributed by atoms with Gasteiger partial charge in [-0.05, 0) is 6.42 Å². The minimum atomic E-state index is 0.390. The summed E-state index contributed by atoms with van der Waals surface area (Å²) >= 11 is 0. The molecular weight excluding hydrogens is 139 g/mol. The molecule has 0 fully saturated rings. The molecular formula is C7H9BN2O. The molecule has 0 aliphatic heterocycles. The van der Waals surface area contributed by atoms with Crippen LogP contribution in [0.3, 0.4) is 0 Å². The molecule has 1 aromatic rings. The predicted octanol–water partition coefficient (Wildman–Crippen LogP) is 0.0592. The highest BCUT2D eigenvalue weighted by Crippen LogP contribution is 1.95. The van der Waals surface area contributed by atoms with Crippen LogP contribution in [0.5, 0.6) is 6.01 Å². The highest BCUT2D eigenvalue weighted by atomic mass is 16.5. The quantitative estimate of drug-likeness (QED) is 0.568. The summed E-state index contributed by atoms with van der Waals surface area (Å²) in [5.41, 5.74) is 0.550. The van der Waals surface area contributed by atoms with Gasteiger partial charge in [0.1, 0.15) is 7.85 Å². The molecule has 0 saturated carbocycles. The van der Waals surface area contributed by atoms with Crippen molar-refractivity contribution in [3.8, 4) is 6.01 Å². The Morgan fingerprint density at radius 2 is 2.09 bits per heavy atom. The largest absolute Gasteiger partial charge is 0.463 e. The molecule has 3 nitrogen and oxygen atoms in total. The lowest BCUT2D eigenvalue weighted by atomic mass is 10.0. The smallest absolute Gasteiger partial charge is 0.316 e. The molecule has 0 amide bonds. The third kappa shape index (κ3) is 2.57. The van der Waals surface area contributed by atoms with Gasteiger partial charge in [0.05, 0.1) is 6.61 Å². The number of hydrogen-bond acceptors (Lipinski definition) is 3. The van der Waals surface area contributed by atoms with Crippen molar-refractivity contribution in [1.82, 2.24) is 9.97 Å². The molecule has 0 saturated heterocycles. The average molecular weight is 148 g/mol. The van der Waals surface area contributed by atoms with E-state index in [-0.39, 0.29) is 0 Å². The molecule has 0 unspecified atom stereocenters. The van der Waals surface area contributed by atoms with Gasteiger partial charge in [-0.25, -0.2) is 9.97 Å². The standard InChI is InChI=1S/C7H9BN2O/c1-2-3-11-7-9-4-6(8)5-10-7/h4-5H,2-3H2,1H3. The van der Waals surface area contributed by atoms with Crippen LogP contribution in [0, 0.1) is 0 Å². The van der Waals surface area contributed by atoms with Crippen LogP contribution in [0.15, 0.2) is 12.4 Å². The Morgan fingerprint density at radius 1 is 1.45 bits per heavy atom. The van der Waals surface area contributed by atoms with Gasteiger partial charge in [-0.3, -0.25) is 0 Å². The fourth-order valence-electron chi connectivity index (χ4n) is 0.594. The van der Waals surface area contributed by atoms with E-state index in [2.05, 4.69) is 9.97 Å². The second kappa shape index (κ2) is 3.96. The molecule has 1 heterocycles. The van der Waals surface area contributed by atoms with Gasteiger partial charge < -0.3 is 4.74 Å². The summed E-state index contributed by atoms with van der Waals surface area (Å²) in [6, 6.07) is 0.390. The normalized spacial score (nSPS) is 9.55. The number of nitrogens with zero attached hydrogens (tertiary/aromatic N) is 2. The fourth-order valence-corrected chi connectivity index (χ4v) is 0.594. The fraction of sp³-hybridized carbons (Fsp3) is 0.429. The second-order valence-electron chi connectivity index (χ2n) is 2.15. The number of ether oxygens (including phenoxy) is 1. The van der Waals surface area contributed by atoms with Gasteiger partial charge >= 0.3 is 6.01 Å². The maximum absolute atomic E-state index is 5.37. The summed E-state index contributed by atoms with van der Waals surface area (Å²) < 4.78 is 5.13. The van der Waals surface area contributed by atoms with Crippen molar-refractivity contribution in [2.24, 2.45) is 0 Å². The summed E-state index contributed by atoms with van der Waals surface area (Å²) in [6.07, 6.45) is 4.00. The third-order valence-electron chi connectivity index (χ3n) is 1.08. The summed E-state index contributed by atoms with van der Waals surface area (Å²) in [6.45, 7) is 2.67. The Morgan fingerprint density at radius 3 is 2.64 bits per heavy atom. The first-order valence-electron chi connectivity index (χ1n) is 3.53. The molecule has 4 heteroatoms. The van der Waals surface area contributed by atoms with E-state index in [1.54, 1.807) is 0 Å². The van der Waals surface area contributed by atoms with E-state index in [1.807, 2.05) is 6.92 Å². The zero-order valence-electron chi connectivity index (χ0n) is 6.45. The lowest BCUT2D eigenvalue weighted by Gasteiger charge is -2.00. The molecule has 2 radical (unpaired) electrons. The monoisotopic (exact) mass is 148 g/mol. The first-order chi connectivity index (χ1) is 5.33. The van der Waals surface area contributed by atoms with Crippen LogP contribution in [-0.2, 0) is 0 Å². The van der Waals surface area contributed by atoms with E-state index in [0.29, 0.717) is 18.1 Å².